The molecule has 2 atom stereocenters. The number of likely N-dealkylation sites (N-methyl/N-ethyl adjacent to an activating group) is 1. The van der Waals surface area contributed by atoms with Crippen LogP contribution < -0.4 is 11.1 Å². The molecule has 4 nitrogen and oxygen atoms in total. The molecule has 0 aromatic heterocycles. The molecule has 0 bridgehead atoms. The van der Waals surface area contributed by atoms with Crippen molar-refractivity contribution in [2.75, 3.05) is 12.4 Å². The number of para-hydroxylation sites is 1. The number of nitrogens with zero attached hydrogens (tertiary/aromatic N) is 1. The van der Waals surface area contributed by atoms with Crippen molar-refractivity contribution in [1.82, 2.24) is 4.90 Å². The maximum absolute atomic E-state index is 13.5. The second-order valence-electron chi connectivity index (χ2n) is 5.04. The Morgan fingerprint density at radius 1 is 1.37 bits per heavy atom. The van der Waals surface area contributed by atoms with E-state index in [1.54, 1.807) is 30.1 Å². The standard InChI is InChI=1S/C14H20FN3O/c1-18(13-9-5-3-7-11(13)16)14(19)17-12-8-4-2-6-10(12)15/h2,4,6,8,11,13H,3,5,7,9,16H2,1H3,(H,17,19). The molecule has 2 unspecified atom stereocenters. The first-order valence-electron chi connectivity index (χ1n) is 6.63. The molecule has 1 saturated carbocycles. The molecule has 0 heterocycles. The number of halogens is 1. The van der Waals surface area contributed by atoms with Gasteiger partial charge in [0.2, 0.25) is 0 Å². The van der Waals surface area contributed by atoms with Crippen LogP contribution in [0.25, 0.3) is 0 Å². The maximum Gasteiger partial charge on any atom is 0.321 e. The highest BCUT2D eigenvalue weighted by Gasteiger charge is 2.28. The van der Waals surface area contributed by atoms with Crippen LogP contribution in [0.2, 0.25) is 0 Å². The van der Waals surface area contributed by atoms with Gasteiger partial charge in [0.1, 0.15) is 5.82 Å². The zero-order chi connectivity index (χ0) is 13.8. The fourth-order valence-electron chi connectivity index (χ4n) is 2.54. The number of nitrogens with one attached hydrogen (secondary N) is 1. The number of amides is 2. The lowest BCUT2D eigenvalue weighted by molar-refractivity contribution is 0.174. The van der Waals surface area contributed by atoms with E-state index in [9.17, 15) is 9.18 Å². The smallest absolute Gasteiger partial charge is 0.321 e. The van der Waals surface area contributed by atoms with Crippen molar-refractivity contribution >= 4 is 11.7 Å². The van der Waals surface area contributed by atoms with Crippen molar-refractivity contribution in [1.29, 1.82) is 0 Å². The second-order valence-corrected chi connectivity index (χ2v) is 5.04. The van der Waals surface area contributed by atoms with E-state index in [0.29, 0.717) is 0 Å². The molecule has 2 rings (SSSR count). The van der Waals surface area contributed by atoms with Crippen LogP contribution in [0, 0.1) is 5.82 Å². The highest BCUT2D eigenvalue weighted by molar-refractivity contribution is 5.89. The number of anilines is 1. The number of hydrogen-bond acceptors (Lipinski definition) is 2. The number of carbonyl (C=O) groups excluding carboxylic acids is 1. The lowest BCUT2D eigenvalue weighted by Crippen LogP contribution is -2.51. The molecule has 0 spiro atoms. The number of benzene rings is 1. The molecule has 0 radical (unpaired) electrons. The third kappa shape index (κ3) is 3.23. The van der Waals surface area contributed by atoms with E-state index in [0.717, 1.165) is 25.7 Å². The van der Waals surface area contributed by atoms with Crippen LogP contribution in [-0.2, 0) is 0 Å². The Labute approximate surface area is 112 Å². The minimum Gasteiger partial charge on any atom is -0.326 e. The van der Waals surface area contributed by atoms with Crippen molar-refractivity contribution in [2.45, 2.75) is 37.8 Å². The van der Waals surface area contributed by atoms with Crippen LogP contribution >= 0.6 is 0 Å². The molecule has 1 aliphatic rings. The van der Waals surface area contributed by atoms with E-state index in [4.69, 9.17) is 5.73 Å². The minimum absolute atomic E-state index is 0.00474. The Morgan fingerprint density at radius 3 is 2.74 bits per heavy atom. The fraction of sp³-hybridized carbons (Fsp3) is 0.500. The van der Waals surface area contributed by atoms with Gasteiger partial charge in [-0.2, -0.15) is 0 Å². The summed E-state index contributed by atoms with van der Waals surface area (Å²) in [5.74, 6) is -0.433. The molecule has 1 aromatic carbocycles. The van der Waals surface area contributed by atoms with Gasteiger partial charge < -0.3 is 16.0 Å². The Hall–Kier alpha value is -1.62. The lowest BCUT2D eigenvalue weighted by Gasteiger charge is -2.35. The quantitative estimate of drug-likeness (QED) is 0.863. The van der Waals surface area contributed by atoms with Gasteiger partial charge in [0.05, 0.1) is 5.69 Å². The molecule has 0 saturated heterocycles. The first-order chi connectivity index (χ1) is 9.09. The summed E-state index contributed by atoms with van der Waals surface area (Å²) in [5, 5.41) is 2.58. The molecule has 2 amide bonds. The van der Waals surface area contributed by atoms with Crippen molar-refractivity contribution in [3.8, 4) is 0 Å². The van der Waals surface area contributed by atoms with E-state index in [2.05, 4.69) is 5.32 Å². The zero-order valence-corrected chi connectivity index (χ0v) is 11.1. The van der Waals surface area contributed by atoms with Crippen LogP contribution in [0.15, 0.2) is 24.3 Å². The SMILES string of the molecule is CN(C(=O)Nc1ccccc1F)C1CCCCC1N. The Balaban J connectivity index is 2.01. The molecule has 19 heavy (non-hydrogen) atoms. The average molecular weight is 265 g/mol. The van der Waals surface area contributed by atoms with Crippen LogP contribution in [0.5, 0.6) is 0 Å². The highest BCUT2D eigenvalue weighted by atomic mass is 19.1. The molecule has 1 aliphatic carbocycles. The summed E-state index contributed by atoms with van der Waals surface area (Å²) in [7, 11) is 1.71. The monoisotopic (exact) mass is 265 g/mol. The average Bonchev–Trinajstić information content (AvgIpc) is 2.41. The highest BCUT2D eigenvalue weighted by Crippen LogP contribution is 2.22. The summed E-state index contributed by atoms with van der Waals surface area (Å²) in [6.45, 7) is 0. The van der Waals surface area contributed by atoms with E-state index in [1.807, 2.05) is 0 Å². The number of urea groups is 1. The first kappa shape index (κ1) is 13.8. The van der Waals surface area contributed by atoms with Crippen molar-refractivity contribution in [2.24, 2.45) is 5.73 Å². The number of hydrogen-bond donors (Lipinski definition) is 2. The van der Waals surface area contributed by atoms with Gasteiger partial charge in [0, 0.05) is 19.1 Å². The topological polar surface area (TPSA) is 58.4 Å². The van der Waals surface area contributed by atoms with Crippen LogP contribution in [0.4, 0.5) is 14.9 Å². The predicted molar refractivity (Wildman–Crippen MR) is 73.4 cm³/mol. The van der Waals surface area contributed by atoms with Gasteiger partial charge in [-0.15, -0.1) is 0 Å². The summed E-state index contributed by atoms with van der Waals surface area (Å²) in [6.07, 6.45) is 4.03. The minimum atomic E-state index is -0.433. The molecular weight excluding hydrogens is 245 g/mol. The molecule has 3 N–H and O–H groups in total. The maximum atomic E-state index is 13.5. The van der Waals surface area contributed by atoms with Gasteiger partial charge in [-0.1, -0.05) is 25.0 Å². The van der Waals surface area contributed by atoms with Crippen LogP contribution in [0.1, 0.15) is 25.7 Å². The van der Waals surface area contributed by atoms with Gasteiger partial charge in [-0.3, -0.25) is 0 Å². The molecule has 104 valence electrons. The molecule has 1 aromatic rings. The van der Waals surface area contributed by atoms with Gasteiger partial charge in [0.15, 0.2) is 0 Å². The molecule has 0 aliphatic heterocycles. The van der Waals surface area contributed by atoms with Gasteiger partial charge in [-0.25, -0.2) is 9.18 Å². The van der Waals surface area contributed by atoms with Gasteiger partial charge >= 0.3 is 6.03 Å². The van der Waals surface area contributed by atoms with Gasteiger partial charge in [0.25, 0.3) is 0 Å². The van der Waals surface area contributed by atoms with Crippen molar-refractivity contribution in [3.63, 3.8) is 0 Å². The predicted octanol–water partition coefficient (Wildman–Crippen LogP) is 2.56. The fourth-order valence-corrected chi connectivity index (χ4v) is 2.54. The van der Waals surface area contributed by atoms with E-state index >= 15 is 0 Å². The third-order valence-corrected chi connectivity index (χ3v) is 3.71. The summed E-state index contributed by atoms with van der Waals surface area (Å²) >= 11 is 0. The van der Waals surface area contributed by atoms with Crippen LogP contribution in [0.3, 0.4) is 0 Å². The van der Waals surface area contributed by atoms with Gasteiger partial charge in [-0.05, 0) is 25.0 Å². The largest absolute Gasteiger partial charge is 0.326 e. The van der Waals surface area contributed by atoms with E-state index < -0.39 is 5.82 Å². The van der Waals surface area contributed by atoms with E-state index in [1.165, 1.54) is 6.07 Å². The summed E-state index contributed by atoms with van der Waals surface area (Å²) in [5.41, 5.74) is 6.24. The number of nitrogens with two attached hydrogens (primary N) is 1. The molecule has 1 fully saturated rings. The Kier molecular flexibility index (Phi) is 4.37. The zero-order valence-electron chi connectivity index (χ0n) is 11.1. The summed E-state index contributed by atoms with van der Waals surface area (Å²) in [4.78, 5) is 13.7. The normalized spacial score (nSPS) is 22.9. The number of carbonyl (C=O) groups is 1. The summed E-state index contributed by atoms with van der Waals surface area (Å²) in [6, 6.07) is 5.86. The Bertz CT molecular complexity index is 452. The first-order valence-corrected chi connectivity index (χ1v) is 6.63. The van der Waals surface area contributed by atoms with E-state index in [-0.39, 0.29) is 23.8 Å². The summed E-state index contributed by atoms with van der Waals surface area (Å²) < 4.78 is 13.5. The lowest BCUT2D eigenvalue weighted by atomic mass is 9.90. The van der Waals surface area contributed by atoms with Crippen molar-refractivity contribution in [3.05, 3.63) is 30.1 Å². The number of rotatable bonds is 2. The second kappa shape index (κ2) is 6.02. The third-order valence-electron chi connectivity index (χ3n) is 3.71. The van der Waals surface area contributed by atoms with Crippen LogP contribution in [-0.4, -0.2) is 30.1 Å². The Morgan fingerprint density at radius 2 is 2.05 bits per heavy atom. The van der Waals surface area contributed by atoms with Crippen molar-refractivity contribution < 1.29 is 9.18 Å². The molecule has 5 heteroatoms. The molecular formula is C14H20FN3O.